The van der Waals surface area contributed by atoms with Crippen LogP contribution in [0.2, 0.25) is 0 Å². The van der Waals surface area contributed by atoms with Crippen molar-refractivity contribution in [3.8, 4) is 12.1 Å². The van der Waals surface area contributed by atoms with Crippen molar-refractivity contribution in [3.05, 3.63) is 0 Å². The van der Waals surface area contributed by atoms with E-state index < -0.39 is 11.1 Å². The molecule has 4 heteroatoms. The molecule has 0 aromatic heterocycles. The van der Waals surface area contributed by atoms with E-state index in [0.717, 1.165) is 12.8 Å². The van der Waals surface area contributed by atoms with Crippen LogP contribution < -0.4 is 0 Å². The van der Waals surface area contributed by atoms with Gasteiger partial charge in [0.1, 0.15) is 0 Å². The molecule has 0 bridgehead atoms. The lowest BCUT2D eigenvalue weighted by Crippen LogP contribution is -2.42. The highest BCUT2D eigenvalue weighted by Crippen LogP contribution is 2.37. The number of nitriles is 2. The summed E-state index contributed by atoms with van der Waals surface area (Å²) in [6, 6.07) is 4.78. The summed E-state index contributed by atoms with van der Waals surface area (Å²) in [5, 5.41) is 28.6. The Bertz CT molecular complexity index is 413. The molecule has 0 radical (unpaired) electrons. The van der Waals surface area contributed by atoms with Crippen LogP contribution in [0.5, 0.6) is 0 Å². The second-order valence-corrected chi connectivity index (χ2v) is 7.00. The van der Waals surface area contributed by atoms with Gasteiger partial charge in [0.2, 0.25) is 0 Å². The molecular formula is C18H32N4. The first-order valence-corrected chi connectivity index (χ1v) is 8.44. The van der Waals surface area contributed by atoms with E-state index in [0.29, 0.717) is 0 Å². The molecule has 0 heterocycles. The SMILES string of the molecule is CCC(C)C(C#N)(N=NC(C#N)(C(C)C)C(C)CC)C(C)C. The zero-order chi connectivity index (χ0) is 17.6. The van der Waals surface area contributed by atoms with E-state index in [1.807, 2.05) is 41.5 Å². The van der Waals surface area contributed by atoms with E-state index in [9.17, 15) is 10.5 Å². The Hall–Kier alpha value is -1.42. The summed E-state index contributed by atoms with van der Waals surface area (Å²) >= 11 is 0. The van der Waals surface area contributed by atoms with Gasteiger partial charge in [-0.2, -0.15) is 20.8 Å². The van der Waals surface area contributed by atoms with Crippen molar-refractivity contribution >= 4 is 0 Å². The van der Waals surface area contributed by atoms with E-state index in [2.05, 4.69) is 36.2 Å². The Morgan fingerprint density at radius 2 is 1.00 bits per heavy atom. The predicted octanol–water partition coefficient (Wildman–Crippen LogP) is 5.37. The number of azo groups is 1. The third-order valence-corrected chi connectivity index (χ3v) is 5.23. The highest BCUT2D eigenvalue weighted by molar-refractivity contribution is 5.15. The number of hydrogen-bond acceptors (Lipinski definition) is 4. The van der Waals surface area contributed by atoms with Gasteiger partial charge in [-0.05, 0) is 23.7 Å². The Balaban J connectivity index is 6.02. The van der Waals surface area contributed by atoms with Gasteiger partial charge in [-0.15, -0.1) is 0 Å². The maximum absolute atomic E-state index is 9.77. The molecule has 0 saturated heterocycles. The van der Waals surface area contributed by atoms with Crippen molar-refractivity contribution in [3.63, 3.8) is 0 Å². The molecule has 0 aliphatic heterocycles. The first-order chi connectivity index (χ1) is 10.2. The van der Waals surface area contributed by atoms with Crippen LogP contribution in [0.3, 0.4) is 0 Å². The van der Waals surface area contributed by atoms with E-state index in [1.54, 1.807) is 0 Å². The number of hydrogen-bond donors (Lipinski definition) is 0. The predicted molar refractivity (Wildman–Crippen MR) is 90.1 cm³/mol. The zero-order valence-electron chi connectivity index (χ0n) is 15.5. The van der Waals surface area contributed by atoms with Crippen LogP contribution in [0.15, 0.2) is 10.2 Å². The molecule has 22 heavy (non-hydrogen) atoms. The molecule has 0 saturated carbocycles. The van der Waals surface area contributed by atoms with E-state index >= 15 is 0 Å². The molecule has 0 spiro atoms. The fourth-order valence-corrected chi connectivity index (χ4v) is 2.88. The summed E-state index contributed by atoms with van der Waals surface area (Å²) in [7, 11) is 0. The third-order valence-electron chi connectivity index (χ3n) is 5.23. The molecule has 0 aliphatic carbocycles. The van der Waals surface area contributed by atoms with Crippen molar-refractivity contribution in [1.29, 1.82) is 10.5 Å². The summed E-state index contributed by atoms with van der Waals surface area (Å²) < 4.78 is 0. The van der Waals surface area contributed by atoms with Crippen LogP contribution in [0.25, 0.3) is 0 Å². The quantitative estimate of drug-likeness (QED) is 0.565. The Labute approximate surface area is 136 Å². The van der Waals surface area contributed by atoms with Crippen molar-refractivity contribution in [1.82, 2.24) is 0 Å². The summed E-state index contributed by atoms with van der Waals surface area (Å²) in [4.78, 5) is 0. The van der Waals surface area contributed by atoms with Gasteiger partial charge in [-0.3, -0.25) is 0 Å². The normalized spacial score (nSPS) is 20.2. The van der Waals surface area contributed by atoms with Gasteiger partial charge in [-0.1, -0.05) is 68.2 Å². The lowest BCUT2D eigenvalue weighted by molar-refractivity contribution is 0.220. The van der Waals surface area contributed by atoms with Crippen molar-refractivity contribution in [2.24, 2.45) is 33.9 Å². The maximum atomic E-state index is 9.77. The van der Waals surface area contributed by atoms with Crippen LogP contribution in [0, 0.1) is 46.3 Å². The average molecular weight is 304 g/mol. The molecule has 4 atom stereocenters. The third kappa shape index (κ3) is 3.67. The van der Waals surface area contributed by atoms with E-state index in [4.69, 9.17) is 0 Å². The first-order valence-electron chi connectivity index (χ1n) is 8.44. The van der Waals surface area contributed by atoms with Crippen molar-refractivity contribution in [2.75, 3.05) is 0 Å². The molecular weight excluding hydrogens is 272 g/mol. The minimum Gasteiger partial charge on any atom is -0.196 e. The molecule has 0 aliphatic rings. The summed E-state index contributed by atoms with van der Waals surface area (Å²) in [5.74, 6) is 0.303. The lowest BCUT2D eigenvalue weighted by atomic mass is 9.75. The van der Waals surface area contributed by atoms with Crippen LogP contribution in [0.1, 0.15) is 68.2 Å². The summed E-state index contributed by atoms with van der Waals surface area (Å²) in [6.45, 7) is 16.2. The minimum atomic E-state index is -0.862. The van der Waals surface area contributed by atoms with Crippen LogP contribution >= 0.6 is 0 Å². The average Bonchev–Trinajstić information content (AvgIpc) is 2.50. The van der Waals surface area contributed by atoms with Gasteiger partial charge in [0, 0.05) is 0 Å². The molecule has 0 amide bonds. The van der Waals surface area contributed by atoms with E-state index in [1.165, 1.54) is 0 Å². The van der Waals surface area contributed by atoms with Gasteiger partial charge in [-0.25, -0.2) is 0 Å². The molecule has 0 fully saturated rings. The smallest absolute Gasteiger partial charge is 0.172 e. The van der Waals surface area contributed by atoms with E-state index in [-0.39, 0.29) is 23.7 Å². The molecule has 124 valence electrons. The molecule has 0 N–H and O–H groups in total. The van der Waals surface area contributed by atoms with Crippen LogP contribution in [-0.4, -0.2) is 11.1 Å². The zero-order valence-corrected chi connectivity index (χ0v) is 15.5. The largest absolute Gasteiger partial charge is 0.196 e. The Morgan fingerprint density at radius 3 is 1.14 bits per heavy atom. The molecule has 0 aromatic carbocycles. The monoisotopic (exact) mass is 304 g/mol. The number of nitrogens with zero attached hydrogens (tertiary/aromatic N) is 4. The van der Waals surface area contributed by atoms with Crippen molar-refractivity contribution in [2.45, 2.75) is 79.3 Å². The fraction of sp³-hybridized carbons (Fsp3) is 0.889. The van der Waals surface area contributed by atoms with Gasteiger partial charge in [0.15, 0.2) is 11.1 Å². The van der Waals surface area contributed by atoms with Crippen LogP contribution in [-0.2, 0) is 0 Å². The minimum absolute atomic E-state index is 0.0525. The van der Waals surface area contributed by atoms with Gasteiger partial charge in [0.05, 0.1) is 12.1 Å². The number of rotatable bonds is 8. The summed E-state index contributed by atoms with van der Waals surface area (Å²) in [6.07, 6.45) is 1.71. The van der Waals surface area contributed by atoms with Gasteiger partial charge in [0.25, 0.3) is 0 Å². The highest BCUT2D eigenvalue weighted by Gasteiger charge is 2.43. The first kappa shape index (κ1) is 20.6. The van der Waals surface area contributed by atoms with Crippen LogP contribution in [0.4, 0.5) is 0 Å². The molecule has 0 rings (SSSR count). The maximum Gasteiger partial charge on any atom is 0.172 e. The fourth-order valence-electron chi connectivity index (χ4n) is 2.88. The Morgan fingerprint density at radius 1 is 0.727 bits per heavy atom. The van der Waals surface area contributed by atoms with Crippen molar-refractivity contribution < 1.29 is 0 Å². The molecule has 0 aromatic rings. The standard InChI is InChI=1S/C18H32N4/c1-9-15(7)17(11-19,13(3)4)21-22-18(12-20,14(5)6)16(8)10-2/h13-16H,9-10H2,1-8H3. The topological polar surface area (TPSA) is 72.3 Å². The summed E-state index contributed by atoms with van der Waals surface area (Å²) in [5.41, 5.74) is -1.72. The second kappa shape index (κ2) is 8.28. The Kier molecular flexibility index (Phi) is 7.74. The highest BCUT2D eigenvalue weighted by atomic mass is 15.2. The molecule has 4 nitrogen and oxygen atoms in total. The lowest BCUT2D eigenvalue weighted by Gasteiger charge is -2.35. The molecule has 4 unspecified atom stereocenters. The second-order valence-electron chi connectivity index (χ2n) is 7.00. The van der Waals surface area contributed by atoms with Gasteiger partial charge < -0.3 is 0 Å². The van der Waals surface area contributed by atoms with Gasteiger partial charge >= 0.3 is 0 Å².